The summed E-state index contributed by atoms with van der Waals surface area (Å²) in [4.78, 5) is 0. The van der Waals surface area contributed by atoms with Crippen molar-refractivity contribution in [3.63, 3.8) is 0 Å². The third-order valence-electron chi connectivity index (χ3n) is 3.83. The van der Waals surface area contributed by atoms with Gasteiger partial charge in [0.2, 0.25) is 0 Å². The minimum absolute atomic E-state index is 0.275. The van der Waals surface area contributed by atoms with Gasteiger partial charge in [-0.05, 0) is 58.7 Å². The molecular formula is C14H20BrIN2. The Morgan fingerprint density at radius 1 is 1.33 bits per heavy atom. The van der Waals surface area contributed by atoms with Gasteiger partial charge >= 0.3 is 0 Å². The minimum Gasteiger partial charge on any atom is -0.271 e. The number of benzene rings is 1. The van der Waals surface area contributed by atoms with Gasteiger partial charge in [-0.25, -0.2) is 0 Å². The summed E-state index contributed by atoms with van der Waals surface area (Å²) in [5, 5.41) is 0. The molecule has 100 valence electrons. The predicted octanol–water partition coefficient (Wildman–Crippen LogP) is 4.53. The Morgan fingerprint density at radius 2 is 2.06 bits per heavy atom. The van der Waals surface area contributed by atoms with Gasteiger partial charge in [0.15, 0.2) is 0 Å². The molecule has 0 saturated heterocycles. The van der Waals surface area contributed by atoms with Gasteiger partial charge in [-0.1, -0.05) is 48.0 Å². The highest BCUT2D eigenvalue weighted by atomic mass is 127. The first-order chi connectivity index (χ1) is 8.70. The number of rotatable bonds is 4. The van der Waals surface area contributed by atoms with Gasteiger partial charge in [0.25, 0.3) is 0 Å². The van der Waals surface area contributed by atoms with Crippen molar-refractivity contribution in [2.45, 2.75) is 44.6 Å². The highest BCUT2D eigenvalue weighted by Crippen LogP contribution is 2.33. The van der Waals surface area contributed by atoms with E-state index in [4.69, 9.17) is 5.84 Å². The molecule has 0 heterocycles. The third kappa shape index (κ3) is 3.92. The van der Waals surface area contributed by atoms with E-state index in [0.717, 1.165) is 16.8 Å². The zero-order valence-corrected chi connectivity index (χ0v) is 14.2. The van der Waals surface area contributed by atoms with E-state index in [9.17, 15) is 0 Å². The average molecular weight is 423 g/mol. The Hall–Kier alpha value is 0.350. The molecular weight excluding hydrogens is 403 g/mol. The molecule has 18 heavy (non-hydrogen) atoms. The molecule has 0 aliphatic heterocycles. The summed E-state index contributed by atoms with van der Waals surface area (Å²) in [6, 6.07) is 6.69. The van der Waals surface area contributed by atoms with E-state index in [2.05, 4.69) is 62.1 Å². The molecule has 1 unspecified atom stereocenters. The van der Waals surface area contributed by atoms with E-state index in [1.807, 2.05) is 0 Å². The minimum atomic E-state index is 0.275. The summed E-state index contributed by atoms with van der Waals surface area (Å²) in [6.07, 6.45) is 8.06. The summed E-state index contributed by atoms with van der Waals surface area (Å²) in [6.45, 7) is 0. The Kier molecular flexibility index (Phi) is 5.92. The molecule has 1 fully saturated rings. The zero-order chi connectivity index (χ0) is 13.0. The molecule has 1 aliphatic carbocycles. The van der Waals surface area contributed by atoms with E-state index in [1.165, 1.54) is 41.2 Å². The van der Waals surface area contributed by atoms with Crippen LogP contribution in [0.3, 0.4) is 0 Å². The number of hydrogen-bond acceptors (Lipinski definition) is 2. The van der Waals surface area contributed by atoms with E-state index >= 15 is 0 Å². The lowest BCUT2D eigenvalue weighted by Crippen LogP contribution is -2.30. The molecule has 1 aromatic carbocycles. The number of hydrogen-bond donors (Lipinski definition) is 2. The van der Waals surface area contributed by atoms with Crippen LogP contribution in [0.5, 0.6) is 0 Å². The van der Waals surface area contributed by atoms with Crippen LogP contribution >= 0.6 is 38.5 Å². The molecule has 1 atom stereocenters. The Labute approximate surface area is 131 Å². The summed E-state index contributed by atoms with van der Waals surface area (Å²) in [5.41, 5.74) is 4.33. The van der Waals surface area contributed by atoms with Crippen molar-refractivity contribution in [3.8, 4) is 0 Å². The summed E-state index contributed by atoms with van der Waals surface area (Å²) in [5.74, 6) is 6.60. The molecule has 2 nitrogen and oxygen atoms in total. The van der Waals surface area contributed by atoms with Crippen LogP contribution < -0.4 is 11.3 Å². The van der Waals surface area contributed by atoms with Crippen LogP contribution in [0.1, 0.15) is 50.1 Å². The number of halogens is 2. The van der Waals surface area contributed by atoms with Gasteiger partial charge in [0.1, 0.15) is 0 Å². The molecule has 0 aromatic heterocycles. The van der Waals surface area contributed by atoms with Gasteiger partial charge in [0.05, 0.1) is 0 Å². The first-order valence-corrected chi connectivity index (χ1v) is 8.49. The van der Waals surface area contributed by atoms with Gasteiger partial charge in [-0.15, -0.1) is 0 Å². The highest BCUT2D eigenvalue weighted by molar-refractivity contribution is 14.1. The van der Waals surface area contributed by atoms with Crippen molar-refractivity contribution < 1.29 is 0 Å². The fraction of sp³-hybridized carbons (Fsp3) is 0.571. The fourth-order valence-electron chi connectivity index (χ4n) is 2.82. The van der Waals surface area contributed by atoms with E-state index in [1.54, 1.807) is 0 Å². The van der Waals surface area contributed by atoms with Gasteiger partial charge in [0, 0.05) is 14.1 Å². The van der Waals surface area contributed by atoms with Gasteiger partial charge < -0.3 is 0 Å². The quantitative estimate of drug-likeness (QED) is 0.425. The van der Waals surface area contributed by atoms with Crippen molar-refractivity contribution in [2.24, 2.45) is 11.8 Å². The lowest BCUT2D eigenvalue weighted by molar-refractivity contribution is 0.300. The number of nitrogens with two attached hydrogens (primary N) is 1. The molecule has 0 amide bonds. The fourth-order valence-corrected chi connectivity index (χ4v) is 3.91. The molecule has 0 bridgehead atoms. The topological polar surface area (TPSA) is 38.0 Å². The van der Waals surface area contributed by atoms with Crippen LogP contribution in [0.4, 0.5) is 0 Å². The first kappa shape index (κ1) is 14.8. The van der Waals surface area contributed by atoms with Crippen molar-refractivity contribution in [2.75, 3.05) is 0 Å². The van der Waals surface area contributed by atoms with Crippen LogP contribution in [-0.4, -0.2) is 0 Å². The highest BCUT2D eigenvalue weighted by Gasteiger charge is 2.21. The summed E-state index contributed by atoms with van der Waals surface area (Å²) < 4.78 is 2.41. The second-order valence-electron chi connectivity index (χ2n) is 5.12. The monoisotopic (exact) mass is 422 g/mol. The van der Waals surface area contributed by atoms with Crippen LogP contribution in [0.15, 0.2) is 22.7 Å². The van der Waals surface area contributed by atoms with E-state index in [0.29, 0.717) is 0 Å². The average Bonchev–Trinajstić information content (AvgIpc) is 2.40. The van der Waals surface area contributed by atoms with Crippen molar-refractivity contribution in [1.29, 1.82) is 0 Å². The molecule has 2 rings (SSSR count). The maximum absolute atomic E-state index is 5.77. The molecule has 0 radical (unpaired) electrons. The second kappa shape index (κ2) is 7.22. The number of hydrazine groups is 1. The lowest BCUT2D eigenvalue weighted by Gasteiger charge is -2.27. The molecule has 3 N–H and O–H groups in total. The number of nitrogens with one attached hydrogen (secondary N) is 1. The molecule has 1 aliphatic rings. The Bertz CT molecular complexity index is 391. The predicted molar refractivity (Wildman–Crippen MR) is 88.1 cm³/mol. The van der Waals surface area contributed by atoms with Crippen molar-refractivity contribution in [1.82, 2.24) is 5.43 Å². The van der Waals surface area contributed by atoms with Crippen LogP contribution in [0, 0.1) is 9.49 Å². The normalized spacial score (nSPS) is 18.8. The second-order valence-corrected chi connectivity index (χ2v) is 7.20. The maximum atomic E-state index is 5.77. The van der Waals surface area contributed by atoms with E-state index in [-0.39, 0.29) is 6.04 Å². The molecule has 1 aromatic rings. The van der Waals surface area contributed by atoms with Crippen LogP contribution in [0.2, 0.25) is 0 Å². The largest absolute Gasteiger partial charge is 0.271 e. The first-order valence-electron chi connectivity index (χ1n) is 6.62. The van der Waals surface area contributed by atoms with E-state index < -0.39 is 0 Å². The van der Waals surface area contributed by atoms with Crippen molar-refractivity contribution in [3.05, 3.63) is 31.8 Å². The standard InChI is InChI=1S/C14H20BrIN2/c15-11-6-7-13(16)12(9-11)14(18-17)8-10-4-2-1-3-5-10/h6-7,9-10,14,18H,1-5,8,17H2. The third-order valence-corrected chi connectivity index (χ3v) is 5.30. The zero-order valence-electron chi connectivity index (χ0n) is 10.5. The lowest BCUT2D eigenvalue weighted by atomic mass is 9.83. The van der Waals surface area contributed by atoms with Crippen LogP contribution in [0.25, 0.3) is 0 Å². The summed E-state index contributed by atoms with van der Waals surface area (Å²) >= 11 is 5.94. The molecule has 0 spiro atoms. The smallest absolute Gasteiger partial charge is 0.0473 e. The maximum Gasteiger partial charge on any atom is 0.0473 e. The SMILES string of the molecule is NNC(CC1CCCCC1)c1cc(Br)ccc1I. The summed E-state index contributed by atoms with van der Waals surface area (Å²) in [7, 11) is 0. The van der Waals surface area contributed by atoms with Crippen LogP contribution in [-0.2, 0) is 0 Å². The Balaban J connectivity index is 2.09. The molecule has 4 heteroatoms. The Morgan fingerprint density at radius 3 is 2.72 bits per heavy atom. The van der Waals surface area contributed by atoms with Gasteiger partial charge in [-0.3, -0.25) is 11.3 Å². The molecule has 1 saturated carbocycles. The van der Waals surface area contributed by atoms with Gasteiger partial charge in [-0.2, -0.15) is 0 Å². The van der Waals surface area contributed by atoms with Crippen molar-refractivity contribution >= 4 is 38.5 Å².